The van der Waals surface area contributed by atoms with Crippen LogP contribution in [0.25, 0.3) is 0 Å². The molecule has 0 unspecified atom stereocenters. The maximum absolute atomic E-state index is 13.4. The molecule has 0 spiro atoms. The number of nitrogens with one attached hydrogen (secondary N) is 1. The molecule has 25 heavy (non-hydrogen) atoms. The Labute approximate surface area is 149 Å². The van der Waals surface area contributed by atoms with Gasteiger partial charge in [-0.3, -0.25) is 4.79 Å². The summed E-state index contributed by atoms with van der Waals surface area (Å²) in [7, 11) is 3.56. The Morgan fingerprint density at radius 1 is 1.32 bits per heavy atom. The molecular formula is C20H28N2O3. The quantitative estimate of drug-likeness (QED) is 0.916. The van der Waals surface area contributed by atoms with Gasteiger partial charge in [0.25, 0.3) is 5.91 Å². The van der Waals surface area contributed by atoms with Gasteiger partial charge in [-0.25, -0.2) is 0 Å². The minimum absolute atomic E-state index is 0.100. The second-order valence-electron chi connectivity index (χ2n) is 7.54. The molecule has 1 saturated carbocycles. The van der Waals surface area contributed by atoms with E-state index >= 15 is 0 Å². The molecule has 1 amide bonds. The largest absolute Gasteiger partial charge is 0.384 e. The van der Waals surface area contributed by atoms with E-state index in [-0.39, 0.29) is 23.7 Å². The normalized spacial score (nSPS) is 31.2. The Balaban J connectivity index is 1.64. The number of hydrogen-bond donors (Lipinski definition) is 1. The van der Waals surface area contributed by atoms with Gasteiger partial charge in [0, 0.05) is 27.3 Å². The van der Waals surface area contributed by atoms with Crippen LogP contribution in [0.4, 0.5) is 5.69 Å². The van der Waals surface area contributed by atoms with Gasteiger partial charge in [-0.1, -0.05) is 12.1 Å². The summed E-state index contributed by atoms with van der Waals surface area (Å²) in [5, 5.41) is 3.45. The molecule has 1 aromatic carbocycles. The minimum Gasteiger partial charge on any atom is -0.384 e. The predicted octanol–water partition coefficient (Wildman–Crippen LogP) is 2.84. The number of rotatable bonds is 3. The molecule has 1 aromatic rings. The number of hydrogen-bond acceptors (Lipinski definition) is 4. The molecule has 1 aliphatic carbocycles. The fourth-order valence-corrected chi connectivity index (χ4v) is 4.96. The van der Waals surface area contributed by atoms with Gasteiger partial charge in [0.2, 0.25) is 0 Å². The molecule has 5 heteroatoms. The lowest BCUT2D eigenvalue weighted by atomic mass is 9.79. The average molecular weight is 344 g/mol. The van der Waals surface area contributed by atoms with Crippen molar-refractivity contribution in [2.75, 3.05) is 32.6 Å². The first kappa shape index (κ1) is 16.9. The van der Waals surface area contributed by atoms with Gasteiger partial charge in [0.1, 0.15) is 0 Å². The topological polar surface area (TPSA) is 50.8 Å². The smallest absolute Gasteiger partial charge is 0.256 e. The van der Waals surface area contributed by atoms with Crippen LogP contribution in [0, 0.1) is 0 Å². The van der Waals surface area contributed by atoms with Gasteiger partial charge in [-0.15, -0.1) is 0 Å². The van der Waals surface area contributed by atoms with Gasteiger partial charge in [0.05, 0.1) is 29.0 Å². The molecule has 0 radical (unpaired) electrons. The van der Waals surface area contributed by atoms with Crippen LogP contribution < -0.4 is 5.32 Å². The SMILES string of the molecule is CO[C@@H]1CC[C@@]2(OC)CCN(C(=O)c3cccc4c3NCCC4)[C@H]2C1. The zero-order valence-electron chi connectivity index (χ0n) is 15.2. The number of carbonyl (C=O) groups is 1. The molecule has 2 aliphatic heterocycles. The molecule has 3 aliphatic rings. The summed E-state index contributed by atoms with van der Waals surface area (Å²) in [4.78, 5) is 15.5. The van der Waals surface area contributed by atoms with Crippen molar-refractivity contribution in [1.29, 1.82) is 0 Å². The minimum atomic E-state index is -0.201. The summed E-state index contributed by atoms with van der Waals surface area (Å²) >= 11 is 0. The highest BCUT2D eigenvalue weighted by Gasteiger charge is 2.52. The standard InChI is InChI=1S/C20H28N2O3/c1-24-15-8-9-20(25-2)10-12-22(17(20)13-15)19(23)16-7-3-5-14-6-4-11-21-18(14)16/h3,5,7,15,17,21H,4,6,8-13H2,1-2H3/t15-,17+,20-/m1/s1. The monoisotopic (exact) mass is 344 g/mol. The number of nitrogens with zero attached hydrogens (tertiary/aromatic N) is 1. The van der Waals surface area contributed by atoms with Crippen molar-refractivity contribution in [3.8, 4) is 0 Å². The average Bonchev–Trinajstić information content (AvgIpc) is 3.06. The number of fused-ring (bicyclic) bond motifs is 2. The summed E-state index contributed by atoms with van der Waals surface area (Å²) in [6.45, 7) is 1.70. The fourth-order valence-electron chi connectivity index (χ4n) is 4.96. The van der Waals surface area contributed by atoms with E-state index < -0.39 is 0 Å². The van der Waals surface area contributed by atoms with Crippen molar-refractivity contribution in [3.05, 3.63) is 29.3 Å². The van der Waals surface area contributed by atoms with Crippen LogP contribution in [0.15, 0.2) is 18.2 Å². The Morgan fingerprint density at radius 2 is 2.20 bits per heavy atom. The van der Waals surface area contributed by atoms with Crippen molar-refractivity contribution >= 4 is 11.6 Å². The first-order valence-electron chi connectivity index (χ1n) is 9.43. The number of methoxy groups -OCH3 is 2. The number of anilines is 1. The van der Waals surface area contributed by atoms with Crippen LogP contribution in [0.5, 0.6) is 0 Å². The summed E-state index contributed by atoms with van der Waals surface area (Å²) in [6.07, 6.45) is 6.12. The molecule has 1 N–H and O–H groups in total. The van der Waals surface area contributed by atoms with E-state index in [9.17, 15) is 4.79 Å². The highest BCUT2D eigenvalue weighted by Crippen LogP contribution is 2.44. The van der Waals surface area contributed by atoms with Crippen molar-refractivity contribution in [3.63, 3.8) is 0 Å². The van der Waals surface area contributed by atoms with Crippen LogP contribution in [0.1, 0.15) is 48.0 Å². The van der Waals surface area contributed by atoms with Gasteiger partial charge < -0.3 is 19.7 Å². The lowest BCUT2D eigenvalue weighted by Gasteiger charge is -2.43. The molecule has 0 bridgehead atoms. The van der Waals surface area contributed by atoms with E-state index in [1.54, 1.807) is 14.2 Å². The van der Waals surface area contributed by atoms with E-state index in [1.165, 1.54) is 5.56 Å². The number of amides is 1. The van der Waals surface area contributed by atoms with Crippen molar-refractivity contribution < 1.29 is 14.3 Å². The van der Waals surface area contributed by atoms with Crippen molar-refractivity contribution in [2.24, 2.45) is 0 Å². The Kier molecular flexibility index (Phi) is 4.46. The summed E-state index contributed by atoms with van der Waals surface area (Å²) in [5.41, 5.74) is 2.90. The molecule has 3 atom stereocenters. The molecule has 0 aromatic heterocycles. The second-order valence-corrected chi connectivity index (χ2v) is 7.54. The van der Waals surface area contributed by atoms with E-state index in [0.717, 1.165) is 62.9 Å². The maximum atomic E-state index is 13.4. The van der Waals surface area contributed by atoms with E-state index in [4.69, 9.17) is 9.47 Å². The molecule has 5 nitrogen and oxygen atoms in total. The predicted molar refractivity (Wildman–Crippen MR) is 97.1 cm³/mol. The summed E-state index contributed by atoms with van der Waals surface area (Å²) < 4.78 is 11.6. The van der Waals surface area contributed by atoms with E-state index in [1.807, 2.05) is 17.0 Å². The summed E-state index contributed by atoms with van der Waals surface area (Å²) in [6, 6.07) is 6.20. The first-order chi connectivity index (χ1) is 12.2. The van der Waals surface area contributed by atoms with Crippen molar-refractivity contribution in [2.45, 2.75) is 56.3 Å². The Bertz CT molecular complexity index is 662. The maximum Gasteiger partial charge on any atom is 0.256 e. The van der Waals surface area contributed by atoms with Crippen LogP contribution in [0.2, 0.25) is 0 Å². The van der Waals surface area contributed by atoms with Crippen LogP contribution in [0.3, 0.4) is 0 Å². The van der Waals surface area contributed by atoms with Crippen molar-refractivity contribution in [1.82, 2.24) is 4.90 Å². The van der Waals surface area contributed by atoms with Crippen LogP contribution in [-0.4, -0.2) is 55.9 Å². The molecule has 2 heterocycles. The molecular weight excluding hydrogens is 316 g/mol. The number of likely N-dealkylation sites (tertiary alicyclic amines) is 1. The highest BCUT2D eigenvalue weighted by atomic mass is 16.5. The third-order valence-corrected chi connectivity index (χ3v) is 6.44. The van der Waals surface area contributed by atoms with Gasteiger partial charge in [-0.05, 0) is 50.2 Å². The lowest BCUT2D eigenvalue weighted by molar-refractivity contribution is -0.0893. The Hall–Kier alpha value is -1.59. The number of para-hydroxylation sites is 1. The summed E-state index contributed by atoms with van der Waals surface area (Å²) in [5.74, 6) is 0.131. The van der Waals surface area contributed by atoms with Gasteiger partial charge in [0.15, 0.2) is 0 Å². The van der Waals surface area contributed by atoms with Gasteiger partial charge in [-0.2, -0.15) is 0 Å². The zero-order valence-corrected chi connectivity index (χ0v) is 15.2. The van der Waals surface area contributed by atoms with Gasteiger partial charge >= 0.3 is 0 Å². The lowest BCUT2D eigenvalue weighted by Crippen LogP contribution is -2.53. The zero-order chi connectivity index (χ0) is 17.4. The molecule has 4 rings (SSSR count). The molecule has 136 valence electrons. The highest BCUT2D eigenvalue weighted by molar-refractivity contribution is 6.01. The Morgan fingerprint density at radius 3 is 3.00 bits per heavy atom. The third-order valence-electron chi connectivity index (χ3n) is 6.44. The molecule has 2 fully saturated rings. The number of carbonyl (C=O) groups excluding carboxylic acids is 1. The molecule has 1 saturated heterocycles. The second kappa shape index (κ2) is 6.61. The van der Waals surface area contributed by atoms with Crippen LogP contribution in [-0.2, 0) is 15.9 Å². The van der Waals surface area contributed by atoms with E-state index in [2.05, 4.69) is 11.4 Å². The van der Waals surface area contributed by atoms with Crippen LogP contribution >= 0.6 is 0 Å². The fraction of sp³-hybridized carbons (Fsp3) is 0.650. The van der Waals surface area contributed by atoms with E-state index in [0.29, 0.717) is 0 Å². The first-order valence-corrected chi connectivity index (χ1v) is 9.43. The number of benzene rings is 1. The number of aryl methyl sites for hydroxylation is 1. The third kappa shape index (κ3) is 2.74. The number of ether oxygens (including phenoxy) is 2.